The summed E-state index contributed by atoms with van der Waals surface area (Å²) < 4.78 is 24.1. The molecule has 5 aromatic rings. The minimum atomic E-state index is 0.486. The first kappa shape index (κ1) is 27.1. The summed E-state index contributed by atoms with van der Waals surface area (Å²) in [6, 6.07) is 20.6. The normalized spacial score (nSPS) is 13.7. The molecule has 2 aromatic carbocycles. The van der Waals surface area contributed by atoms with E-state index in [2.05, 4.69) is 51.9 Å². The smallest absolute Gasteiger partial charge is 0.181 e. The number of fused-ring (bicyclic) bond motifs is 2. The van der Waals surface area contributed by atoms with E-state index in [1.165, 1.54) is 0 Å². The van der Waals surface area contributed by atoms with Crippen LogP contribution in [0.25, 0.3) is 27.8 Å². The molecule has 212 valence electrons. The lowest BCUT2D eigenvalue weighted by Gasteiger charge is -2.28. The molecule has 3 aromatic heterocycles. The van der Waals surface area contributed by atoms with Crippen LogP contribution in [-0.2, 0) is 27.1 Å². The van der Waals surface area contributed by atoms with Crippen molar-refractivity contribution in [3.8, 4) is 17.0 Å². The number of anilines is 1. The predicted octanol–water partition coefficient (Wildman–Crippen LogP) is 4.61. The molecule has 1 fully saturated rings. The van der Waals surface area contributed by atoms with Crippen molar-refractivity contribution in [3.05, 3.63) is 84.4 Å². The van der Waals surface area contributed by atoms with E-state index in [0.29, 0.717) is 39.6 Å². The SMILES string of the molecule is COCCOCCOc1ccc(-c2cnc(N3CCOCC3)c3nc(CCc4ccc5ccccc5n4)cn23)cc1. The van der Waals surface area contributed by atoms with Gasteiger partial charge in [0.25, 0.3) is 0 Å². The van der Waals surface area contributed by atoms with Crippen molar-refractivity contribution in [2.75, 3.05) is 64.7 Å². The molecule has 0 amide bonds. The van der Waals surface area contributed by atoms with Gasteiger partial charge in [-0.15, -0.1) is 0 Å². The number of aryl methyl sites for hydroxylation is 2. The molecular weight excluding hydrogens is 518 g/mol. The molecule has 41 heavy (non-hydrogen) atoms. The van der Waals surface area contributed by atoms with Crippen molar-refractivity contribution in [2.45, 2.75) is 12.8 Å². The monoisotopic (exact) mass is 553 g/mol. The van der Waals surface area contributed by atoms with Crippen LogP contribution in [0.1, 0.15) is 11.4 Å². The van der Waals surface area contributed by atoms with Crippen molar-refractivity contribution in [3.63, 3.8) is 0 Å². The second-order valence-corrected chi connectivity index (χ2v) is 9.97. The quantitative estimate of drug-likeness (QED) is 0.207. The van der Waals surface area contributed by atoms with Gasteiger partial charge in [-0.2, -0.15) is 0 Å². The summed E-state index contributed by atoms with van der Waals surface area (Å²) in [5.41, 5.74) is 5.98. The van der Waals surface area contributed by atoms with E-state index in [0.717, 1.165) is 76.7 Å². The van der Waals surface area contributed by atoms with Crippen molar-refractivity contribution < 1.29 is 18.9 Å². The molecule has 0 N–H and O–H groups in total. The summed E-state index contributed by atoms with van der Waals surface area (Å²) in [6.45, 7) is 5.13. The Kier molecular flexibility index (Phi) is 8.65. The van der Waals surface area contributed by atoms with Gasteiger partial charge in [0.2, 0.25) is 0 Å². The van der Waals surface area contributed by atoms with Gasteiger partial charge in [-0.1, -0.05) is 24.3 Å². The zero-order valence-electron chi connectivity index (χ0n) is 23.4. The van der Waals surface area contributed by atoms with Crippen LogP contribution in [0.5, 0.6) is 5.75 Å². The van der Waals surface area contributed by atoms with Crippen LogP contribution >= 0.6 is 0 Å². The number of para-hydroxylation sites is 1. The molecule has 0 radical (unpaired) electrons. The third-order valence-electron chi connectivity index (χ3n) is 7.21. The van der Waals surface area contributed by atoms with E-state index in [1.807, 2.05) is 30.5 Å². The number of ether oxygens (including phenoxy) is 4. The molecule has 9 heteroatoms. The van der Waals surface area contributed by atoms with Gasteiger partial charge in [0.1, 0.15) is 12.4 Å². The lowest BCUT2D eigenvalue weighted by molar-refractivity contribution is 0.0544. The van der Waals surface area contributed by atoms with Crippen LogP contribution < -0.4 is 9.64 Å². The van der Waals surface area contributed by atoms with Gasteiger partial charge in [0.15, 0.2) is 11.5 Å². The Morgan fingerprint density at radius 3 is 2.49 bits per heavy atom. The highest BCUT2D eigenvalue weighted by Crippen LogP contribution is 2.28. The molecule has 1 saturated heterocycles. The molecule has 0 bridgehead atoms. The molecule has 0 unspecified atom stereocenters. The molecular formula is C32H35N5O4. The molecule has 0 spiro atoms. The lowest BCUT2D eigenvalue weighted by atomic mass is 10.1. The van der Waals surface area contributed by atoms with Gasteiger partial charge in [-0.3, -0.25) is 9.38 Å². The lowest BCUT2D eigenvalue weighted by Crippen LogP contribution is -2.37. The summed E-state index contributed by atoms with van der Waals surface area (Å²) in [7, 11) is 1.66. The van der Waals surface area contributed by atoms with E-state index in [-0.39, 0.29) is 0 Å². The fraction of sp³-hybridized carbons (Fsp3) is 0.344. The average molecular weight is 554 g/mol. The Morgan fingerprint density at radius 2 is 1.63 bits per heavy atom. The number of aromatic nitrogens is 4. The van der Waals surface area contributed by atoms with Gasteiger partial charge in [-0.25, -0.2) is 9.97 Å². The number of methoxy groups -OCH3 is 1. The number of pyridine rings is 1. The number of hydrogen-bond donors (Lipinski definition) is 0. The van der Waals surface area contributed by atoms with E-state index in [1.54, 1.807) is 7.11 Å². The second-order valence-electron chi connectivity index (χ2n) is 9.97. The van der Waals surface area contributed by atoms with Crippen LogP contribution in [0.3, 0.4) is 0 Å². The van der Waals surface area contributed by atoms with Crippen molar-refractivity contribution in [1.29, 1.82) is 0 Å². The number of hydrogen-bond acceptors (Lipinski definition) is 8. The van der Waals surface area contributed by atoms with E-state index in [4.69, 9.17) is 33.9 Å². The molecule has 0 aliphatic carbocycles. The molecule has 0 saturated carbocycles. The Morgan fingerprint density at radius 1 is 0.829 bits per heavy atom. The maximum Gasteiger partial charge on any atom is 0.181 e. The molecule has 1 aliphatic heterocycles. The number of morpholine rings is 1. The topological polar surface area (TPSA) is 83.2 Å². The van der Waals surface area contributed by atoms with E-state index < -0.39 is 0 Å². The Bertz CT molecular complexity index is 1580. The molecule has 1 aliphatic rings. The first-order chi connectivity index (χ1) is 20.3. The number of benzene rings is 2. The van der Waals surface area contributed by atoms with Gasteiger partial charge in [0.05, 0.1) is 56.1 Å². The summed E-state index contributed by atoms with van der Waals surface area (Å²) in [5.74, 6) is 1.69. The van der Waals surface area contributed by atoms with Gasteiger partial charge >= 0.3 is 0 Å². The first-order valence-electron chi connectivity index (χ1n) is 14.1. The predicted molar refractivity (Wildman–Crippen MR) is 159 cm³/mol. The minimum Gasteiger partial charge on any atom is -0.491 e. The van der Waals surface area contributed by atoms with Crippen LogP contribution in [0.2, 0.25) is 0 Å². The Balaban J connectivity index is 1.23. The largest absolute Gasteiger partial charge is 0.491 e. The van der Waals surface area contributed by atoms with Crippen LogP contribution in [0.4, 0.5) is 5.82 Å². The third-order valence-corrected chi connectivity index (χ3v) is 7.21. The van der Waals surface area contributed by atoms with Gasteiger partial charge in [0, 0.05) is 43.0 Å². The third kappa shape index (κ3) is 6.48. The summed E-state index contributed by atoms with van der Waals surface area (Å²) in [4.78, 5) is 17.1. The van der Waals surface area contributed by atoms with Crippen LogP contribution in [-0.4, -0.2) is 79.2 Å². The fourth-order valence-electron chi connectivity index (χ4n) is 5.03. The van der Waals surface area contributed by atoms with Crippen molar-refractivity contribution >= 4 is 22.4 Å². The Hall–Kier alpha value is -4.05. The minimum absolute atomic E-state index is 0.486. The molecule has 9 nitrogen and oxygen atoms in total. The zero-order valence-corrected chi connectivity index (χ0v) is 23.4. The zero-order chi connectivity index (χ0) is 27.9. The number of rotatable bonds is 12. The van der Waals surface area contributed by atoms with E-state index >= 15 is 0 Å². The van der Waals surface area contributed by atoms with Gasteiger partial charge < -0.3 is 23.8 Å². The maximum atomic E-state index is 5.84. The standard InChI is InChI=1S/C32H35N5O4/c1-38-18-19-40-20-21-41-28-12-7-25(8-13-28)30-22-33-31(36-14-16-39-17-15-36)32-35-27(23-37(30)32)11-10-26-9-6-24-4-2-3-5-29(24)34-26/h2-9,12-13,22-23H,10-11,14-21H2,1H3. The number of nitrogens with zero attached hydrogens (tertiary/aromatic N) is 5. The highest BCUT2D eigenvalue weighted by molar-refractivity contribution is 5.78. The molecule has 4 heterocycles. The van der Waals surface area contributed by atoms with Gasteiger partial charge in [-0.05, 0) is 49.2 Å². The Labute approximate surface area is 239 Å². The second kappa shape index (κ2) is 13.1. The van der Waals surface area contributed by atoms with Crippen molar-refractivity contribution in [1.82, 2.24) is 19.4 Å². The maximum absolute atomic E-state index is 5.84. The fourth-order valence-corrected chi connectivity index (χ4v) is 5.03. The summed E-state index contributed by atoms with van der Waals surface area (Å²) >= 11 is 0. The highest BCUT2D eigenvalue weighted by atomic mass is 16.5. The average Bonchev–Trinajstić information content (AvgIpc) is 3.46. The van der Waals surface area contributed by atoms with E-state index in [9.17, 15) is 0 Å². The first-order valence-corrected chi connectivity index (χ1v) is 14.1. The van der Waals surface area contributed by atoms with Crippen molar-refractivity contribution in [2.24, 2.45) is 0 Å². The molecule has 0 atom stereocenters. The summed E-state index contributed by atoms with van der Waals surface area (Å²) in [6.07, 6.45) is 5.67. The summed E-state index contributed by atoms with van der Waals surface area (Å²) in [5, 5.41) is 1.15. The molecule has 6 rings (SSSR count). The number of imidazole rings is 1. The van der Waals surface area contributed by atoms with Crippen LogP contribution in [0.15, 0.2) is 73.1 Å². The van der Waals surface area contributed by atoms with Crippen LogP contribution in [0, 0.1) is 0 Å². The highest BCUT2D eigenvalue weighted by Gasteiger charge is 2.20.